The first kappa shape index (κ1) is 11.9. The molecule has 1 unspecified atom stereocenters. The summed E-state index contributed by atoms with van der Waals surface area (Å²) < 4.78 is 26.7. The number of hydrogen-bond donors (Lipinski definition) is 0. The van der Waals surface area contributed by atoms with Crippen molar-refractivity contribution >= 4 is 15.8 Å². The van der Waals surface area contributed by atoms with E-state index in [2.05, 4.69) is 4.74 Å². The van der Waals surface area contributed by atoms with E-state index < -0.39 is 26.8 Å². The van der Waals surface area contributed by atoms with Crippen LogP contribution in [0, 0.1) is 11.3 Å². The van der Waals surface area contributed by atoms with Crippen LogP contribution in [0.2, 0.25) is 0 Å². The average Bonchev–Trinajstić information content (AvgIpc) is 2.02. The largest absolute Gasteiger partial charge is 0.465 e. The maximum atomic E-state index is 11.1. The molecule has 1 atom stereocenters. The Hall–Kier alpha value is -1.09. The van der Waals surface area contributed by atoms with E-state index in [0.717, 1.165) is 0 Å². The number of esters is 1. The van der Waals surface area contributed by atoms with E-state index in [1.54, 1.807) is 13.0 Å². The Labute approximate surface area is 77.2 Å². The normalized spacial score (nSPS) is 13.0. The molecule has 0 aromatic heterocycles. The predicted octanol–water partition coefficient (Wildman–Crippen LogP) is -0.124. The lowest BCUT2D eigenvalue weighted by Gasteiger charge is -2.04. The second-order valence-electron chi connectivity index (χ2n) is 2.38. The van der Waals surface area contributed by atoms with Crippen molar-refractivity contribution in [1.82, 2.24) is 0 Å². The SMILES string of the molecule is CCOC(=O)CS(=O)(=O)C(C)C#N. The number of ether oxygens (including phenoxy) is 1. The van der Waals surface area contributed by atoms with Crippen LogP contribution in [0.5, 0.6) is 0 Å². The Balaban J connectivity index is 4.37. The van der Waals surface area contributed by atoms with Crippen LogP contribution < -0.4 is 0 Å². The molecule has 0 aromatic carbocycles. The van der Waals surface area contributed by atoms with Crippen molar-refractivity contribution in [3.63, 3.8) is 0 Å². The number of nitriles is 1. The summed E-state index contributed by atoms with van der Waals surface area (Å²) in [6.45, 7) is 2.95. The summed E-state index contributed by atoms with van der Waals surface area (Å²) in [5.74, 6) is -1.54. The molecule has 0 heterocycles. The molecule has 74 valence electrons. The summed E-state index contributed by atoms with van der Waals surface area (Å²) in [6, 6.07) is 1.56. The van der Waals surface area contributed by atoms with Crippen LogP contribution in [0.25, 0.3) is 0 Å². The highest BCUT2D eigenvalue weighted by Crippen LogP contribution is 2.01. The maximum Gasteiger partial charge on any atom is 0.321 e. The highest BCUT2D eigenvalue weighted by atomic mass is 32.2. The molecule has 0 radical (unpaired) electrons. The molecule has 13 heavy (non-hydrogen) atoms. The Morgan fingerprint density at radius 1 is 1.62 bits per heavy atom. The molecular weight excluding hydrogens is 194 g/mol. The van der Waals surface area contributed by atoms with E-state index >= 15 is 0 Å². The van der Waals surface area contributed by atoms with Crippen molar-refractivity contribution in [3.8, 4) is 6.07 Å². The van der Waals surface area contributed by atoms with Gasteiger partial charge in [0.1, 0.15) is 11.0 Å². The second kappa shape index (κ2) is 4.82. The monoisotopic (exact) mass is 205 g/mol. The van der Waals surface area contributed by atoms with Gasteiger partial charge < -0.3 is 4.74 Å². The van der Waals surface area contributed by atoms with Crippen molar-refractivity contribution < 1.29 is 17.9 Å². The molecule has 0 aliphatic heterocycles. The summed E-state index contributed by atoms with van der Waals surface area (Å²) >= 11 is 0. The highest BCUT2D eigenvalue weighted by molar-refractivity contribution is 7.92. The highest BCUT2D eigenvalue weighted by Gasteiger charge is 2.24. The fraction of sp³-hybridized carbons (Fsp3) is 0.714. The fourth-order valence-electron chi connectivity index (χ4n) is 0.572. The molecule has 0 saturated heterocycles. The van der Waals surface area contributed by atoms with Crippen molar-refractivity contribution in [2.24, 2.45) is 0 Å². The van der Waals surface area contributed by atoms with Crippen LogP contribution in [0.15, 0.2) is 0 Å². The topological polar surface area (TPSA) is 84.2 Å². The first-order valence-electron chi connectivity index (χ1n) is 3.70. The summed E-state index contributed by atoms with van der Waals surface area (Å²) in [5, 5.41) is 7.16. The molecule has 6 heteroatoms. The van der Waals surface area contributed by atoms with Gasteiger partial charge in [0.25, 0.3) is 0 Å². The van der Waals surface area contributed by atoms with Crippen LogP contribution >= 0.6 is 0 Å². The van der Waals surface area contributed by atoms with Crippen LogP contribution in [-0.4, -0.2) is 32.0 Å². The van der Waals surface area contributed by atoms with Gasteiger partial charge in [0, 0.05) is 0 Å². The molecule has 0 spiro atoms. The third-order valence-electron chi connectivity index (χ3n) is 1.34. The predicted molar refractivity (Wildman–Crippen MR) is 45.5 cm³/mol. The van der Waals surface area contributed by atoms with Gasteiger partial charge in [-0.1, -0.05) is 0 Å². The van der Waals surface area contributed by atoms with Crippen LogP contribution in [0.1, 0.15) is 13.8 Å². The third kappa shape index (κ3) is 3.90. The van der Waals surface area contributed by atoms with Crippen LogP contribution in [0.4, 0.5) is 0 Å². The van der Waals surface area contributed by atoms with E-state index in [0.29, 0.717) is 0 Å². The summed E-state index contributed by atoms with van der Waals surface area (Å²) in [5.41, 5.74) is 0. The molecule has 0 aliphatic rings. The van der Waals surface area contributed by atoms with Gasteiger partial charge >= 0.3 is 5.97 Å². The number of hydrogen-bond acceptors (Lipinski definition) is 5. The smallest absolute Gasteiger partial charge is 0.321 e. The quantitative estimate of drug-likeness (QED) is 0.597. The zero-order valence-corrected chi connectivity index (χ0v) is 8.30. The van der Waals surface area contributed by atoms with Crippen molar-refractivity contribution in [1.29, 1.82) is 5.26 Å². The molecule has 0 N–H and O–H groups in total. The zero-order chi connectivity index (χ0) is 10.5. The molecule has 0 aromatic rings. The fourth-order valence-corrected chi connectivity index (χ4v) is 1.39. The van der Waals surface area contributed by atoms with E-state index in [9.17, 15) is 13.2 Å². The van der Waals surface area contributed by atoms with Crippen molar-refractivity contribution in [3.05, 3.63) is 0 Å². The zero-order valence-electron chi connectivity index (χ0n) is 7.48. The number of rotatable bonds is 4. The van der Waals surface area contributed by atoms with Gasteiger partial charge in [-0.15, -0.1) is 0 Å². The number of sulfone groups is 1. The molecule has 0 rings (SSSR count). The summed E-state index contributed by atoms with van der Waals surface area (Å²) in [7, 11) is -3.67. The first-order valence-corrected chi connectivity index (χ1v) is 5.42. The minimum atomic E-state index is -3.67. The molecule has 0 bridgehead atoms. The van der Waals surface area contributed by atoms with Gasteiger partial charge in [-0.05, 0) is 13.8 Å². The Morgan fingerprint density at radius 3 is 2.54 bits per heavy atom. The molecule has 0 amide bonds. The average molecular weight is 205 g/mol. The summed E-state index contributed by atoms with van der Waals surface area (Å²) in [4.78, 5) is 10.8. The first-order chi connectivity index (χ1) is 5.94. The van der Waals surface area contributed by atoms with Gasteiger partial charge in [0.15, 0.2) is 9.84 Å². The molecule has 5 nitrogen and oxygen atoms in total. The lowest BCUT2D eigenvalue weighted by molar-refractivity contribution is -0.139. The molecule has 0 saturated carbocycles. The van der Waals surface area contributed by atoms with E-state index in [1.807, 2.05) is 0 Å². The number of carbonyl (C=O) groups excluding carboxylic acids is 1. The molecular formula is C7H11NO4S. The van der Waals surface area contributed by atoms with Gasteiger partial charge in [-0.3, -0.25) is 4.79 Å². The van der Waals surface area contributed by atoms with Gasteiger partial charge in [-0.2, -0.15) is 5.26 Å². The van der Waals surface area contributed by atoms with Gasteiger partial charge in [-0.25, -0.2) is 8.42 Å². The maximum absolute atomic E-state index is 11.1. The Morgan fingerprint density at radius 2 is 2.15 bits per heavy atom. The van der Waals surface area contributed by atoms with Crippen molar-refractivity contribution in [2.45, 2.75) is 19.1 Å². The van der Waals surface area contributed by atoms with Crippen molar-refractivity contribution in [2.75, 3.05) is 12.4 Å². The second-order valence-corrected chi connectivity index (χ2v) is 4.71. The third-order valence-corrected chi connectivity index (χ3v) is 3.17. The number of carbonyl (C=O) groups is 1. The Bertz CT molecular complexity index is 314. The van der Waals surface area contributed by atoms with Crippen LogP contribution in [-0.2, 0) is 19.4 Å². The lowest BCUT2D eigenvalue weighted by Crippen LogP contribution is -2.25. The summed E-state index contributed by atoms with van der Waals surface area (Å²) in [6.07, 6.45) is 0. The van der Waals surface area contributed by atoms with E-state index in [1.165, 1.54) is 6.92 Å². The van der Waals surface area contributed by atoms with Gasteiger partial charge in [0.2, 0.25) is 0 Å². The minimum absolute atomic E-state index is 0.134. The molecule has 0 aliphatic carbocycles. The Kier molecular flexibility index (Phi) is 4.42. The van der Waals surface area contributed by atoms with E-state index in [-0.39, 0.29) is 6.61 Å². The van der Waals surface area contributed by atoms with E-state index in [4.69, 9.17) is 5.26 Å². The minimum Gasteiger partial charge on any atom is -0.465 e. The molecule has 0 fully saturated rings. The standard InChI is InChI=1S/C7H11NO4S/c1-3-12-7(9)5-13(10,11)6(2)4-8/h6H,3,5H2,1-2H3. The lowest BCUT2D eigenvalue weighted by atomic mass is 10.5. The van der Waals surface area contributed by atoms with Crippen LogP contribution in [0.3, 0.4) is 0 Å². The van der Waals surface area contributed by atoms with Gasteiger partial charge in [0.05, 0.1) is 12.7 Å². The number of nitrogens with zero attached hydrogens (tertiary/aromatic N) is 1.